The summed E-state index contributed by atoms with van der Waals surface area (Å²) in [5.74, 6) is -2.44. The number of amides is 2. The molecule has 3 N–H and O–H groups in total. The molecule has 1 aliphatic heterocycles. The van der Waals surface area contributed by atoms with Crippen LogP contribution in [0.5, 0.6) is 5.75 Å². The van der Waals surface area contributed by atoms with Crippen LogP contribution in [0, 0.1) is 0 Å². The summed E-state index contributed by atoms with van der Waals surface area (Å²) in [5, 5.41) is 14.9. The molecule has 0 unspecified atom stereocenters. The van der Waals surface area contributed by atoms with Crippen molar-refractivity contribution in [3.8, 4) is 5.75 Å². The molecular formula is C20H20F3N3O4. The second-order valence-corrected chi connectivity index (χ2v) is 6.81. The molecule has 10 heteroatoms. The predicted molar refractivity (Wildman–Crippen MR) is 103 cm³/mol. The zero-order valence-corrected chi connectivity index (χ0v) is 16.0. The van der Waals surface area contributed by atoms with Crippen molar-refractivity contribution >= 4 is 23.2 Å². The number of benzene rings is 2. The van der Waals surface area contributed by atoms with E-state index in [1.165, 1.54) is 12.1 Å². The topological polar surface area (TPSA) is 90.9 Å². The van der Waals surface area contributed by atoms with Crippen LogP contribution >= 0.6 is 0 Å². The molecule has 7 nitrogen and oxygen atoms in total. The molecule has 0 aromatic heterocycles. The van der Waals surface area contributed by atoms with Gasteiger partial charge in [0.05, 0.1) is 6.10 Å². The summed E-state index contributed by atoms with van der Waals surface area (Å²) in [6.07, 6.45) is -4.94. The maximum Gasteiger partial charge on any atom is 0.573 e. The molecule has 1 atom stereocenters. The molecule has 0 fully saturated rings. The van der Waals surface area contributed by atoms with Crippen LogP contribution in [0.1, 0.15) is 17.2 Å². The summed E-state index contributed by atoms with van der Waals surface area (Å²) in [4.78, 5) is 26.0. The highest BCUT2D eigenvalue weighted by molar-refractivity contribution is 6.39. The van der Waals surface area contributed by atoms with Crippen molar-refractivity contribution in [1.29, 1.82) is 0 Å². The minimum Gasteiger partial charge on any atom is -0.406 e. The molecule has 1 aliphatic rings. The Bertz CT molecular complexity index is 932. The van der Waals surface area contributed by atoms with Gasteiger partial charge in [-0.25, -0.2) is 0 Å². The Labute approximate surface area is 170 Å². The predicted octanol–water partition coefficient (Wildman–Crippen LogP) is 2.37. The number of carbonyl (C=O) groups is 2. The summed E-state index contributed by atoms with van der Waals surface area (Å²) in [5.41, 5.74) is 2.95. The lowest BCUT2D eigenvalue weighted by Crippen LogP contribution is -2.37. The summed E-state index contributed by atoms with van der Waals surface area (Å²) in [6, 6.07) is 9.90. The quantitative estimate of drug-likeness (QED) is 0.643. The molecule has 160 valence electrons. The van der Waals surface area contributed by atoms with E-state index in [4.69, 9.17) is 0 Å². The van der Waals surface area contributed by atoms with Crippen molar-refractivity contribution in [1.82, 2.24) is 5.32 Å². The van der Waals surface area contributed by atoms with Crippen LogP contribution < -0.4 is 20.3 Å². The fourth-order valence-corrected chi connectivity index (χ4v) is 3.11. The number of aliphatic hydroxyl groups excluding tert-OH is 1. The van der Waals surface area contributed by atoms with Gasteiger partial charge in [-0.15, -0.1) is 13.2 Å². The normalized spacial score (nSPS) is 14.1. The summed E-state index contributed by atoms with van der Waals surface area (Å²) < 4.78 is 40.2. The van der Waals surface area contributed by atoms with Crippen molar-refractivity contribution in [2.24, 2.45) is 0 Å². The van der Waals surface area contributed by atoms with E-state index < -0.39 is 30.0 Å². The Morgan fingerprint density at radius 2 is 1.87 bits per heavy atom. The minimum absolute atomic E-state index is 0.118. The second-order valence-electron chi connectivity index (χ2n) is 6.81. The third kappa shape index (κ3) is 5.41. The number of hydrogen-bond acceptors (Lipinski definition) is 5. The van der Waals surface area contributed by atoms with Crippen molar-refractivity contribution in [3.05, 3.63) is 53.6 Å². The van der Waals surface area contributed by atoms with E-state index in [9.17, 15) is 27.9 Å². The molecule has 0 bridgehead atoms. The van der Waals surface area contributed by atoms with Crippen molar-refractivity contribution in [2.45, 2.75) is 18.9 Å². The van der Waals surface area contributed by atoms with Crippen molar-refractivity contribution in [3.63, 3.8) is 0 Å². The summed E-state index contributed by atoms with van der Waals surface area (Å²) in [6.45, 7) is 0.730. The summed E-state index contributed by atoms with van der Waals surface area (Å²) in [7, 11) is 1.98. The number of nitrogens with one attached hydrogen (secondary N) is 2. The third-order valence-electron chi connectivity index (χ3n) is 4.62. The van der Waals surface area contributed by atoms with E-state index in [0.717, 1.165) is 36.3 Å². The zero-order chi connectivity index (χ0) is 21.9. The SMILES string of the molecule is CN1CCc2cc([C@@H](O)CNC(=O)C(=O)Nc3ccc(OC(F)(F)F)cc3)ccc21. The first-order valence-corrected chi connectivity index (χ1v) is 9.09. The molecule has 0 spiro atoms. The van der Waals surface area contributed by atoms with E-state index in [-0.39, 0.29) is 12.2 Å². The average molecular weight is 423 g/mol. The van der Waals surface area contributed by atoms with E-state index in [0.29, 0.717) is 5.56 Å². The molecule has 2 aromatic rings. The van der Waals surface area contributed by atoms with Crippen LogP contribution in [0.2, 0.25) is 0 Å². The second kappa shape index (κ2) is 8.62. The lowest BCUT2D eigenvalue weighted by atomic mass is 10.0. The number of rotatable bonds is 5. The molecule has 0 aliphatic carbocycles. The average Bonchev–Trinajstić information content (AvgIpc) is 3.06. The number of fused-ring (bicyclic) bond motifs is 1. The lowest BCUT2D eigenvalue weighted by molar-refractivity contribution is -0.274. The number of alkyl halides is 3. The molecule has 30 heavy (non-hydrogen) atoms. The molecule has 0 saturated carbocycles. The van der Waals surface area contributed by atoms with Crippen LogP contribution in [-0.2, 0) is 16.0 Å². The molecule has 3 rings (SSSR count). The van der Waals surface area contributed by atoms with E-state index in [1.807, 2.05) is 19.2 Å². The zero-order valence-electron chi connectivity index (χ0n) is 16.0. The van der Waals surface area contributed by atoms with Crippen LogP contribution in [0.3, 0.4) is 0 Å². The Kier molecular flexibility index (Phi) is 6.16. The number of anilines is 2. The molecule has 2 aromatic carbocycles. The highest BCUT2D eigenvalue weighted by atomic mass is 19.4. The highest BCUT2D eigenvalue weighted by Crippen LogP contribution is 2.29. The molecular weight excluding hydrogens is 403 g/mol. The van der Waals surface area contributed by atoms with Gasteiger partial charge in [0.2, 0.25) is 0 Å². The minimum atomic E-state index is -4.82. The maximum atomic E-state index is 12.1. The number of ether oxygens (including phenoxy) is 1. The largest absolute Gasteiger partial charge is 0.573 e. The third-order valence-corrected chi connectivity index (χ3v) is 4.62. The van der Waals surface area contributed by atoms with Gasteiger partial charge in [-0.2, -0.15) is 0 Å². The van der Waals surface area contributed by atoms with Crippen molar-refractivity contribution < 1.29 is 32.6 Å². The van der Waals surface area contributed by atoms with Gasteiger partial charge in [0.1, 0.15) is 5.75 Å². The van der Waals surface area contributed by atoms with Crippen LogP contribution in [0.25, 0.3) is 0 Å². The van der Waals surface area contributed by atoms with Crippen molar-refractivity contribution in [2.75, 3.05) is 30.4 Å². The first-order valence-electron chi connectivity index (χ1n) is 9.09. The van der Waals surface area contributed by atoms with Gasteiger partial charge >= 0.3 is 18.2 Å². The van der Waals surface area contributed by atoms with Gasteiger partial charge in [-0.1, -0.05) is 12.1 Å². The van der Waals surface area contributed by atoms with Gasteiger partial charge < -0.3 is 25.4 Å². The van der Waals surface area contributed by atoms with Crippen LogP contribution in [0.4, 0.5) is 24.5 Å². The number of halogens is 3. The first kappa shape index (κ1) is 21.4. The van der Waals surface area contributed by atoms with Gasteiger partial charge in [-0.3, -0.25) is 9.59 Å². The monoisotopic (exact) mass is 423 g/mol. The number of hydrogen-bond donors (Lipinski definition) is 3. The number of nitrogens with zero attached hydrogens (tertiary/aromatic N) is 1. The number of carbonyl (C=O) groups excluding carboxylic acids is 2. The van der Waals surface area contributed by atoms with E-state index in [1.54, 1.807) is 6.07 Å². The highest BCUT2D eigenvalue weighted by Gasteiger charge is 2.31. The smallest absolute Gasteiger partial charge is 0.406 e. The Morgan fingerprint density at radius 3 is 2.53 bits per heavy atom. The van der Waals surface area contributed by atoms with E-state index >= 15 is 0 Å². The molecule has 2 amide bonds. The standard InChI is InChI=1S/C20H20F3N3O4/c1-26-9-8-12-10-13(2-7-16(12)26)17(27)11-24-18(28)19(29)25-14-3-5-15(6-4-14)30-20(21,22)23/h2-7,10,17,27H,8-9,11H2,1H3,(H,24,28)(H,25,29)/t17-/m0/s1. The van der Waals surface area contributed by atoms with Gasteiger partial charge in [-0.05, 0) is 47.9 Å². The number of likely N-dealkylation sites (N-methyl/N-ethyl adjacent to an activating group) is 1. The maximum absolute atomic E-state index is 12.1. The fourth-order valence-electron chi connectivity index (χ4n) is 3.11. The van der Waals surface area contributed by atoms with Gasteiger partial charge in [0, 0.05) is 31.5 Å². The first-order chi connectivity index (χ1) is 14.1. The Balaban J connectivity index is 1.50. The lowest BCUT2D eigenvalue weighted by Gasteiger charge is -2.15. The Morgan fingerprint density at radius 1 is 1.17 bits per heavy atom. The molecule has 0 saturated heterocycles. The van der Waals surface area contributed by atoms with E-state index in [2.05, 4.69) is 20.3 Å². The molecule has 1 heterocycles. The van der Waals surface area contributed by atoms with Crippen LogP contribution in [0.15, 0.2) is 42.5 Å². The number of aliphatic hydroxyl groups is 1. The molecule has 0 radical (unpaired) electrons. The fraction of sp³-hybridized carbons (Fsp3) is 0.300. The Hall–Kier alpha value is -3.27. The van der Waals surface area contributed by atoms with Gasteiger partial charge in [0.25, 0.3) is 0 Å². The summed E-state index contributed by atoms with van der Waals surface area (Å²) >= 11 is 0. The van der Waals surface area contributed by atoms with Gasteiger partial charge in [0.15, 0.2) is 0 Å². The van der Waals surface area contributed by atoms with Crippen LogP contribution in [-0.4, -0.2) is 43.4 Å².